The lowest BCUT2D eigenvalue weighted by Crippen LogP contribution is -2.07. The molecule has 0 aliphatic carbocycles. The van der Waals surface area contributed by atoms with Crippen LogP contribution in [0.1, 0.15) is 11.1 Å². The predicted molar refractivity (Wildman–Crippen MR) is 85.8 cm³/mol. The Balaban J connectivity index is 1.59. The van der Waals surface area contributed by atoms with Gasteiger partial charge in [0.15, 0.2) is 5.58 Å². The van der Waals surface area contributed by atoms with Crippen molar-refractivity contribution in [3.05, 3.63) is 71.9 Å². The third-order valence-electron chi connectivity index (χ3n) is 3.75. The van der Waals surface area contributed by atoms with Gasteiger partial charge in [0.1, 0.15) is 11.2 Å². The number of benzene rings is 2. The largest absolute Gasteiger partial charge is 0.435 e. The van der Waals surface area contributed by atoms with E-state index in [1.54, 1.807) is 23.0 Å². The zero-order valence-electron chi connectivity index (χ0n) is 12.9. The van der Waals surface area contributed by atoms with Crippen LogP contribution in [0.3, 0.4) is 0 Å². The van der Waals surface area contributed by atoms with Crippen LogP contribution < -0.4 is 0 Å². The number of alkyl halides is 3. The van der Waals surface area contributed by atoms with E-state index in [4.69, 9.17) is 4.42 Å². The van der Waals surface area contributed by atoms with Crippen molar-refractivity contribution in [2.75, 3.05) is 0 Å². The van der Waals surface area contributed by atoms with Gasteiger partial charge in [-0.3, -0.25) is 4.68 Å². The molecule has 0 radical (unpaired) electrons. The minimum Gasteiger partial charge on any atom is -0.435 e. The summed E-state index contributed by atoms with van der Waals surface area (Å²) in [5.74, 6) is 0.379. The van der Waals surface area contributed by atoms with E-state index in [-0.39, 0.29) is 6.54 Å². The van der Waals surface area contributed by atoms with Crippen LogP contribution in [0, 0.1) is 0 Å². The van der Waals surface area contributed by atoms with Gasteiger partial charge in [0.25, 0.3) is 0 Å². The SMILES string of the molecule is FC(F)(F)c1cccc(Cn2ccc(-c3nc4ccccc4o3)n2)c1. The molecule has 4 rings (SSSR count). The van der Waals surface area contributed by atoms with E-state index in [2.05, 4.69) is 10.1 Å². The molecule has 2 aromatic carbocycles. The second kappa shape index (κ2) is 5.77. The number of rotatable bonds is 3. The molecule has 0 saturated carbocycles. The van der Waals surface area contributed by atoms with Crippen LogP contribution in [0.4, 0.5) is 13.2 Å². The Kier molecular flexibility index (Phi) is 3.56. The van der Waals surface area contributed by atoms with Gasteiger partial charge in [-0.2, -0.15) is 18.3 Å². The van der Waals surface area contributed by atoms with Gasteiger partial charge in [0, 0.05) is 6.20 Å². The third kappa shape index (κ3) is 3.13. The normalized spacial score (nSPS) is 12.0. The number of nitrogens with zero attached hydrogens (tertiary/aromatic N) is 3. The minimum atomic E-state index is -4.36. The summed E-state index contributed by atoms with van der Waals surface area (Å²) in [6, 6.07) is 14.3. The molecule has 0 amide bonds. The highest BCUT2D eigenvalue weighted by Crippen LogP contribution is 2.29. The number of para-hydroxylation sites is 2. The number of aromatic nitrogens is 3. The standard InChI is InChI=1S/C18H12F3N3O/c19-18(20,21)13-5-3-4-12(10-13)11-24-9-8-15(23-24)17-22-14-6-1-2-7-16(14)25-17/h1-10H,11H2. The second-order valence-electron chi connectivity index (χ2n) is 5.58. The van der Waals surface area contributed by atoms with Crippen LogP contribution in [0.15, 0.2) is 65.2 Å². The van der Waals surface area contributed by atoms with E-state index in [0.717, 1.165) is 17.6 Å². The van der Waals surface area contributed by atoms with Crippen molar-refractivity contribution < 1.29 is 17.6 Å². The van der Waals surface area contributed by atoms with E-state index >= 15 is 0 Å². The van der Waals surface area contributed by atoms with Crippen molar-refractivity contribution in [3.63, 3.8) is 0 Å². The summed E-state index contributed by atoms with van der Waals surface area (Å²) in [4.78, 5) is 4.36. The molecule has 0 atom stereocenters. The molecule has 0 spiro atoms. The van der Waals surface area contributed by atoms with E-state index < -0.39 is 11.7 Å². The zero-order chi connectivity index (χ0) is 17.4. The second-order valence-corrected chi connectivity index (χ2v) is 5.58. The minimum absolute atomic E-state index is 0.226. The van der Waals surface area contributed by atoms with E-state index in [1.165, 1.54) is 6.07 Å². The Morgan fingerprint density at radius 1 is 1.00 bits per heavy atom. The highest BCUT2D eigenvalue weighted by molar-refractivity contribution is 5.75. The molecule has 126 valence electrons. The average Bonchev–Trinajstić information content (AvgIpc) is 3.20. The third-order valence-corrected chi connectivity index (χ3v) is 3.75. The van der Waals surface area contributed by atoms with Crippen molar-refractivity contribution in [2.24, 2.45) is 0 Å². The Bertz CT molecular complexity index is 1000. The molecule has 0 unspecified atom stereocenters. The fourth-order valence-electron chi connectivity index (χ4n) is 2.58. The van der Waals surface area contributed by atoms with E-state index in [1.807, 2.05) is 24.3 Å². The van der Waals surface area contributed by atoms with Gasteiger partial charge >= 0.3 is 6.18 Å². The summed E-state index contributed by atoms with van der Waals surface area (Å²) in [5.41, 5.74) is 1.76. The molecule has 2 heterocycles. The maximum absolute atomic E-state index is 12.8. The van der Waals surface area contributed by atoms with Crippen molar-refractivity contribution in [3.8, 4) is 11.6 Å². The van der Waals surface area contributed by atoms with Crippen molar-refractivity contribution in [1.29, 1.82) is 0 Å². The van der Waals surface area contributed by atoms with Crippen LogP contribution in [-0.2, 0) is 12.7 Å². The summed E-state index contributed by atoms with van der Waals surface area (Å²) >= 11 is 0. The van der Waals surface area contributed by atoms with E-state index in [0.29, 0.717) is 22.7 Å². The molecule has 0 bridgehead atoms. The number of hydrogen-bond donors (Lipinski definition) is 0. The highest BCUT2D eigenvalue weighted by atomic mass is 19.4. The fraction of sp³-hybridized carbons (Fsp3) is 0.111. The molecule has 4 aromatic rings. The summed E-state index contributed by atoms with van der Waals surface area (Å²) in [6.07, 6.45) is -2.67. The van der Waals surface area contributed by atoms with Crippen molar-refractivity contribution in [2.45, 2.75) is 12.7 Å². The van der Waals surface area contributed by atoms with Gasteiger partial charge in [-0.1, -0.05) is 24.3 Å². The first-order valence-corrected chi connectivity index (χ1v) is 7.54. The fourth-order valence-corrected chi connectivity index (χ4v) is 2.58. The summed E-state index contributed by atoms with van der Waals surface area (Å²) in [7, 11) is 0. The van der Waals surface area contributed by atoms with Crippen molar-refractivity contribution in [1.82, 2.24) is 14.8 Å². The van der Waals surface area contributed by atoms with Crippen LogP contribution in [0.2, 0.25) is 0 Å². The molecule has 2 aromatic heterocycles. The predicted octanol–water partition coefficient (Wildman–Crippen LogP) is 4.76. The highest BCUT2D eigenvalue weighted by Gasteiger charge is 2.30. The molecular weight excluding hydrogens is 331 g/mol. The first-order chi connectivity index (χ1) is 12.0. The summed E-state index contributed by atoms with van der Waals surface area (Å²) in [6.45, 7) is 0.226. The van der Waals surface area contributed by atoms with Gasteiger partial charge in [0.05, 0.1) is 12.1 Å². The smallest absolute Gasteiger partial charge is 0.416 e. The quantitative estimate of drug-likeness (QED) is 0.539. The zero-order valence-corrected chi connectivity index (χ0v) is 12.9. The summed E-state index contributed by atoms with van der Waals surface area (Å²) < 4.78 is 45.6. The van der Waals surface area contributed by atoms with Crippen LogP contribution in [0.5, 0.6) is 0 Å². The number of fused-ring (bicyclic) bond motifs is 1. The van der Waals surface area contributed by atoms with Gasteiger partial charge in [-0.05, 0) is 35.9 Å². The maximum atomic E-state index is 12.8. The Labute approximate surface area is 140 Å². The average molecular weight is 343 g/mol. The number of halogens is 3. The van der Waals surface area contributed by atoms with Crippen LogP contribution >= 0.6 is 0 Å². The maximum Gasteiger partial charge on any atom is 0.416 e. The van der Waals surface area contributed by atoms with Gasteiger partial charge in [0.2, 0.25) is 5.89 Å². The molecular formula is C18H12F3N3O. The van der Waals surface area contributed by atoms with Crippen molar-refractivity contribution >= 4 is 11.1 Å². The van der Waals surface area contributed by atoms with E-state index in [9.17, 15) is 13.2 Å². The molecule has 0 aliphatic heterocycles. The molecule has 7 heteroatoms. The molecule has 0 aliphatic rings. The first kappa shape index (κ1) is 15.4. The van der Waals surface area contributed by atoms with Gasteiger partial charge < -0.3 is 4.42 Å². The topological polar surface area (TPSA) is 43.9 Å². The lowest BCUT2D eigenvalue weighted by molar-refractivity contribution is -0.137. The van der Waals surface area contributed by atoms with Crippen LogP contribution in [-0.4, -0.2) is 14.8 Å². The Hall–Kier alpha value is -3.09. The molecule has 0 N–H and O–H groups in total. The Morgan fingerprint density at radius 3 is 2.64 bits per heavy atom. The van der Waals surface area contributed by atoms with Gasteiger partial charge in [-0.25, -0.2) is 4.98 Å². The molecule has 0 saturated heterocycles. The molecule has 0 fully saturated rings. The molecule has 25 heavy (non-hydrogen) atoms. The Morgan fingerprint density at radius 2 is 1.84 bits per heavy atom. The molecule has 4 nitrogen and oxygen atoms in total. The van der Waals surface area contributed by atoms with Crippen LogP contribution in [0.25, 0.3) is 22.7 Å². The monoisotopic (exact) mass is 343 g/mol. The summed E-state index contributed by atoms with van der Waals surface area (Å²) in [5, 5.41) is 4.34. The lowest BCUT2D eigenvalue weighted by Gasteiger charge is -2.08. The van der Waals surface area contributed by atoms with Gasteiger partial charge in [-0.15, -0.1) is 0 Å². The lowest BCUT2D eigenvalue weighted by atomic mass is 10.1. The number of oxazole rings is 1. The first-order valence-electron chi connectivity index (χ1n) is 7.54. The number of hydrogen-bond acceptors (Lipinski definition) is 3.